The minimum atomic E-state index is 0.497. The molecule has 0 aliphatic heterocycles. The van der Waals surface area contributed by atoms with Crippen LogP contribution < -0.4 is 0 Å². The van der Waals surface area contributed by atoms with Gasteiger partial charge in [0.2, 0.25) is 11.8 Å². The third-order valence-corrected chi connectivity index (χ3v) is 2.22. The van der Waals surface area contributed by atoms with Crippen molar-refractivity contribution in [1.29, 1.82) is 0 Å². The zero-order valence-electron chi connectivity index (χ0n) is 9.05. The largest absolute Gasteiger partial charge is 0.416 e. The fourth-order valence-electron chi connectivity index (χ4n) is 1.37. The molecule has 0 aliphatic rings. The summed E-state index contributed by atoms with van der Waals surface area (Å²) in [6.45, 7) is 5.60. The predicted octanol–water partition coefficient (Wildman–Crippen LogP) is 3.33. The molecule has 1 heterocycles. The van der Waals surface area contributed by atoms with E-state index in [1.165, 1.54) is 0 Å². The van der Waals surface area contributed by atoms with Crippen LogP contribution in [0, 0.1) is 0 Å². The topological polar surface area (TPSA) is 38.9 Å². The number of rotatable bonds is 3. The van der Waals surface area contributed by atoms with Crippen molar-refractivity contribution < 1.29 is 4.42 Å². The van der Waals surface area contributed by atoms with Gasteiger partial charge in [-0.25, -0.2) is 0 Å². The molecule has 2 aromatic rings. The van der Waals surface area contributed by atoms with Gasteiger partial charge < -0.3 is 4.42 Å². The molecule has 0 radical (unpaired) electrons. The summed E-state index contributed by atoms with van der Waals surface area (Å²) in [6, 6.07) is 9.68. The van der Waals surface area contributed by atoms with Crippen LogP contribution in [0.4, 0.5) is 0 Å². The highest BCUT2D eigenvalue weighted by molar-refractivity contribution is 5.68. The highest BCUT2D eigenvalue weighted by Crippen LogP contribution is 2.21. The maximum Gasteiger partial charge on any atom is 0.248 e. The van der Waals surface area contributed by atoms with Crippen LogP contribution >= 0.6 is 0 Å². The van der Waals surface area contributed by atoms with E-state index < -0.39 is 0 Å². The molecular formula is C13H12N2O. The number of nitrogens with zero attached hydrogens (tertiary/aromatic N) is 2. The quantitative estimate of drug-likeness (QED) is 0.732. The van der Waals surface area contributed by atoms with E-state index in [2.05, 4.69) is 16.8 Å². The Morgan fingerprint density at radius 1 is 1.25 bits per heavy atom. The molecule has 1 aromatic heterocycles. The Morgan fingerprint density at radius 2 is 2.00 bits per heavy atom. The lowest BCUT2D eigenvalue weighted by Gasteiger charge is -1.93. The van der Waals surface area contributed by atoms with E-state index in [-0.39, 0.29) is 0 Å². The molecule has 0 spiro atoms. The van der Waals surface area contributed by atoms with Gasteiger partial charge in [0.15, 0.2) is 0 Å². The van der Waals surface area contributed by atoms with Crippen molar-refractivity contribution in [3.05, 3.63) is 55.0 Å². The van der Waals surface area contributed by atoms with Gasteiger partial charge in [-0.15, -0.1) is 10.2 Å². The SMILES string of the molecule is C=C/C(=C\C)c1nnc(-c2ccccc2)o1. The molecular weight excluding hydrogens is 200 g/mol. The predicted molar refractivity (Wildman–Crippen MR) is 63.6 cm³/mol. The van der Waals surface area contributed by atoms with E-state index >= 15 is 0 Å². The molecule has 0 atom stereocenters. The fraction of sp³-hybridized carbons (Fsp3) is 0.0769. The summed E-state index contributed by atoms with van der Waals surface area (Å²) in [5.41, 5.74) is 1.76. The number of benzene rings is 1. The Kier molecular flexibility index (Phi) is 2.96. The zero-order valence-corrected chi connectivity index (χ0v) is 9.05. The van der Waals surface area contributed by atoms with Gasteiger partial charge in [0.05, 0.1) is 0 Å². The summed E-state index contributed by atoms with van der Waals surface area (Å²) in [4.78, 5) is 0. The van der Waals surface area contributed by atoms with Crippen LogP contribution in [0.5, 0.6) is 0 Å². The first-order valence-corrected chi connectivity index (χ1v) is 5.03. The van der Waals surface area contributed by atoms with E-state index in [1.54, 1.807) is 6.08 Å². The summed E-state index contributed by atoms with van der Waals surface area (Å²) in [5.74, 6) is 1.02. The van der Waals surface area contributed by atoms with Crippen molar-refractivity contribution in [1.82, 2.24) is 10.2 Å². The lowest BCUT2D eigenvalue weighted by atomic mass is 10.2. The minimum Gasteiger partial charge on any atom is -0.416 e. The lowest BCUT2D eigenvalue weighted by molar-refractivity contribution is 0.554. The molecule has 0 saturated carbocycles. The third kappa shape index (κ3) is 1.93. The molecule has 0 amide bonds. The zero-order chi connectivity index (χ0) is 11.4. The smallest absolute Gasteiger partial charge is 0.248 e. The summed E-state index contributed by atoms with van der Waals surface area (Å²) in [6.07, 6.45) is 3.58. The summed E-state index contributed by atoms with van der Waals surface area (Å²) in [5, 5.41) is 7.98. The molecule has 0 fully saturated rings. The van der Waals surface area contributed by atoms with Crippen molar-refractivity contribution in [2.75, 3.05) is 0 Å². The summed E-state index contributed by atoms with van der Waals surface area (Å²) < 4.78 is 5.55. The van der Waals surface area contributed by atoms with E-state index in [4.69, 9.17) is 4.42 Å². The fourth-order valence-corrected chi connectivity index (χ4v) is 1.37. The molecule has 16 heavy (non-hydrogen) atoms. The molecule has 0 N–H and O–H groups in total. The van der Waals surface area contributed by atoms with Gasteiger partial charge in [-0.2, -0.15) is 0 Å². The first kappa shape index (κ1) is 10.4. The number of allylic oxidation sites excluding steroid dienone is 3. The van der Waals surface area contributed by atoms with Crippen LogP contribution in [0.25, 0.3) is 17.0 Å². The number of hydrogen-bond donors (Lipinski definition) is 0. The molecule has 3 heteroatoms. The maximum atomic E-state index is 5.55. The summed E-state index contributed by atoms with van der Waals surface area (Å²) >= 11 is 0. The molecule has 2 rings (SSSR count). The molecule has 1 aromatic carbocycles. The van der Waals surface area contributed by atoms with Crippen LogP contribution in [0.3, 0.4) is 0 Å². The van der Waals surface area contributed by atoms with E-state index in [0.29, 0.717) is 11.8 Å². The van der Waals surface area contributed by atoms with Crippen molar-refractivity contribution >= 4 is 5.57 Å². The van der Waals surface area contributed by atoms with Gasteiger partial charge in [0.1, 0.15) is 0 Å². The van der Waals surface area contributed by atoms with E-state index in [9.17, 15) is 0 Å². The van der Waals surface area contributed by atoms with Crippen molar-refractivity contribution in [3.63, 3.8) is 0 Å². The van der Waals surface area contributed by atoms with Gasteiger partial charge in [-0.1, -0.05) is 36.9 Å². The standard InChI is InChI=1S/C13H12N2O/c1-3-10(4-2)12-14-15-13(16-12)11-8-6-5-7-9-11/h3-9H,1H2,2H3/b10-4+. The van der Waals surface area contributed by atoms with Crippen LogP contribution in [-0.4, -0.2) is 10.2 Å². The van der Waals surface area contributed by atoms with E-state index in [1.807, 2.05) is 43.3 Å². The highest BCUT2D eigenvalue weighted by Gasteiger charge is 2.09. The maximum absolute atomic E-state index is 5.55. The monoisotopic (exact) mass is 212 g/mol. The summed E-state index contributed by atoms with van der Waals surface area (Å²) in [7, 11) is 0. The minimum absolute atomic E-state index is 0.497. The van der Waals surface area contributed by atoms with Crippen molar-refractivity contribution in [3.8, 4) is 11.5 Å². The Hall–Kier alpha value is -2.16. The van der Waals surface area contributed by atoms with Gasteiger partial charge in [-0.3, -0.25) is 0 Å². The Balaban J connectivity index is 2.37. The normalized spacial score (nSPS) is 11.4. The Bertz CT molecular complexity index is 512. The van der Waals surface area contributed by atoms with Gasteiger partial charge in [0.25, 0.3) is 0 Å². The van der Waals surface area contributed by atoms with Crippen LogP contribution in [0.2, 0.25) is 0 Å². The molecule has 80 valence electrons. The lowest BCUT2D eigenvalue weighted by Crippen LogP contribution is -1.78. The molecule has 0 bridgehead atoms. The third-order valence-electron chi connectivity index (χ3n) is 2.22. The molecule has 0 unspecified atom stereocenters. The van der Waals surface area contributed by atoms with Gasteiger partial charge >= 0.3 is 0 Å². The van der Waals surface area contributed by atoms with Crippen LogP contribution in [-0.2, 0) is 0 Å². The second-order valence-corrected chi connectivity index (χ2v) is 3.23. The van der Waals surface area contributed by atoms with Crippen LogP contribution in [0.15, 0.2) is 53.5 Å². The van der Waals surface area contributed by atoms with Gasteiger partial charge in [0, 0.05) is 11.1 Å². The highest BCUT2D eigenvalue weighted by atomic mass is 16.4. The van der Waals surface area contributed by atoms with Crippen molar-refractivity contribution in [2.24, 2.45) is 0 Å². The van der Waals surface area contributed by atoms with Gasteiger partial charge in [-0.05, 0) is 19.1 Å². The molecule has 0 aliphatic carbocycles. The first-order chi connectivity index (χ1) is 7.85. The second-order valence-electron chi connectivity index (χ2n) is 3.23. The van der Waals surface area contributed by atoms with E-state index in [0.717, 1.165) is 11.1 Å². The van der Waals surface area contributed by atoms with Crippen LogP contribution in [0.1, 0.15) is 12.8 Å². The average molecular weight is 212 g/mol. The second kappa shape index (κ2) is 4.57. The number of hydrogen-bond acceptors (Lipinski definition) is 3. The first-order valence-electron chi connectivity index (χ1n) is 5.03. The Morgan fingerprint density at radius 3 is 2.62 bits per heavy atom. The molecule has 3 nitrogen and oxygen atoms in total. The average Bonchev–Trinajstić information content (AvgIpc) is 2.81. The Labute approximate surface area is 94.1 Å². The van der Waals surface area contributed by atoms with Crippen molar-refractivity contribution in [2.45, 2.75) is 6.92 Å². The molecule has 0 saturated heterocycles. The number of aromatic nitrogens is 2.